The normalized spacial score (nSPS) is 24.1. The molecule has 0 bridgehead atoms. The summed E-state index contributed by atoms with van der Waals surface area (Å²) < 4.78 is 0. The van der Waals surface area contributed by atoms with Crippen molar-refractivity contribution in [2.75, 3.05) is 20.6 Å². The van der Waals surface area contributed by atoms with E-state index in [2.05, 4.69) is 34.7 Å². The quantitative estimate of drug-likeness (QED) is 0.274. The fourth-order valence-electron chi connectivity index (χ4n) is 2.11. The van der Waals surface area contributed by atoms with Crippen molar-refractivity contribution in [3.63, 3.8) is 0 Å². The zero-order valence-corrected chi connectivity index (χ0v) is 10.3. The van der Waals surface area contributed by atoms with Gasteiger partial charge in [-0.2, -0.15) is 0 Å². The Morgan fingerprint density at radius 3 is 2.50 bits per heavy atom. The SMILES string of the molecule is CN(C)C1(CN=C(NN)NC2CC2)CCC1. The maximum atomic E-state index is 5.46. The molecule has 2 saturated carbocycles. The molecule has 0 aromatic rings. The number of guanidine groups is 1. The molecule has 2 aliphatic carbocycles. The third-order valence-corrected chi connectivity index (χ3v) is 3.82. The van der Waals surface area contributed by atoms with Crippen molar-refractivity contribution in [3.05, 3.63) is 0 Å². The van der Waals surface area contributed by atoms with Crippen LogP contribution in [0.15, 0.2) is 4.99 Å². The molecule has 0 heterocycles. The Bertz CT molecular complexity index is 266. The molecule has 0 aromatic heterocycles. The Hall–Kier alpha value is -0.810. The molecule has 5 heteroatoms. The smallest absolute Gasteiger partial charge is 0.206 e. The Balaban J connectivity index is 1.88. The zero-order chi connectivity index (χ0) is 11.6. The van der Waals surface area contributed by atoms with Gasteiger partial charge in [0.2, 0.25) is 5.96 Å². The van der Waals surface area contributed by atoms with Crippen LogP contribution in [0.2, 0.25) is 0 Å². The monoisotopic (exact) mass is 225 g/mol. The van der Waals surface area contributed by atoms with Crippen LogP contribution in [0.1, 0.15) is 32.1 Å². The lowest BCUT2D eigenvalue weighted by Crippen LogP contribution is -2.53. The Labute approximate surface area is 97.4 Å². The van der Waals surface area contributed by atoms with Crippen molar-refractivity contribution in [1.82, 2.24) is 15.6 Å². The van der Waals surface area contributed by atoms with Gasteiger partial charge in [0, 0.05) is 11.6 Å². The second kappa shape index (κ2) is 4.59. The van der Waals surface area contributed by atoms with Crippen LogP contribution in [0.5, 0.6) is 0 Å². The first-order valence-electron chi connectivity index (χ1n) is 6.11. The summed E-state index contributed by atoms with van der Waals surface area (Å²) in [5.74, 6) is 6.20. The van der Waals surface area contributed by atoms with Crippen molar-refractivity contribution < 1.29 is 0 Å². The molecule has 0 saturated heterocycles. The first kappa shape index (κ1) is 11.7. The van der Waals surface area contributed by atoms with Crippen LogP contribution in [-0.4, -0.2) is 43.1 Å². The summed E-state index contributed by atoms with van der Waals surface area (Å²) in [7, 11) is 4.27. The summed E-state index contributed by atoms with van der Waals surface area (Å²) in [4.78, 5) is 6.86. The van der Waals surface area contributed by atoms with Gasteiger partial charge < -0.3 is 10.2 Å². The molecular formula is C11H23N5. The van der Waals surface area contributed by atoms with E-state index in [9.17, 15) is 0 Å². The molecule has 4 N–H and O–H groups in total. The van der Waals surface area contributed by atoms with E-state index in [4.69, 9.17) is 5.84 Å². The maximum Gasteiger partial charge on any atom is 0.206 e. The van der Waals surface area contributed by atoms with Crippen molar-refractivity contribution in [2.24, 2.45) is 10.8 Å². The van der Waals surface area contributed by atoms with Crippen LogP contribution in [0.4, 0.5) is 0 Å². The van der Waals surface area contributed by atoms with Gasteiger partial charge in [-0.25, -0.2) is 5.84 Å². The van der Waals surface area contributed by atoms with E-state index >= 15 is 0 Å². The van der Waals surface area contributed by atoms with Crippen LogP contribution >= 0.6 is 0 Å². The zero-order valence-electron chi connectivity index (χ0n) is 10.3. The van der Waals surface area contributed by atoms with Crippen LogP contribution in [0.25, 0.3) is 0 Å². The second-order valence-corrected chi connectivity index (χ2v) is 5.20. The minimum atomic E-state index is 0.271. The number of nitrogens with zero attached hydrogens (tertiary/aromatic N) is 2. The summed E-state index contributed by atoms with van der Waals surface area (Å²) in [6.45, 7) is 0.833. The fraction of sp³-hybridized carbons (Fsp3) is 0.909. The third kappa shape index (κ3) is 2.47. The molecule has 0 unspecified atom stereocenters. The van der Waals surface area contributed by atoms with Crippen LogP contribution in [0.3, 0.4) is 0 Å². The minimum Gasteiger partial charge on any atom is -0.353 e. The summed E-state index contributed by atoms with van der Waals surface area (Å²) in [6, 6.07) is 0.589. The molecule has 2 aliphatic rings. The average Bonchev–Trinajstić information content (AvgIpc) is 2.97. The van der Waals surface area contributed by atoms with Crippen molar-refractivity contribution in [2.45, 2.75) is 43.7 Å². The number of nitrogens with two attached hydrogens (primary N) is 1. The van der Waals surface area contributed by atoms with E-state index < -0.39 is 0 Å². The second-order valence-electron chi connectivity index (χ2n) is 5.20. The predicted molar refractivity (Wildman–Crippen MR) is 66.1 cm³/mol. The number of likely N-dealkylation sites (N-methyl/N-ethyl adjacent to an activating group) is 1. The highest BCUT2D eigenvalue weighted by atomic mass is 15.3. The number of hydrogen-bond donors (Lipinski definition) is 3. The number of nitrogens with one attached hydrogen (secondary N) is 2. The highest BCUT2D eigenvalue weighted by molar-refractivity contribution is 5.79. The van der Waals surface area contributed by atoms with Crippen molar-refractivity contribution in [3.8, 4) is 0 Å². The van der Waals surface area contributed by atoms with E-state index in [0.29, 0.717) is 6.04 Å². The molecular weight excluding hydrogens is 202 g/mol. The Morgan fingerprint density at radius 2 is 2.12 bits per heavy atom. The number of hydrogen-bond acceptors (Lipinski definition) is 3. The first-order chi connectivity index (χ1) is 7.66. The highest BCUT2D eigenvalue weighted by Crippen LogP contribution is 2.36. The minimum absolute atomic E-state index is 0.271. The average molecular weight is 225 g/mol. The molecule has 0 spiro atoms. The van der Waals surface area contributed by atoms with Crippen LogP contribution < -0.4 is 16.6 Å². The summed E-state index contributed by atoms with van der Waals surface area (Å²) >= 11 is 0. The van der Waals surface area contributed by atoms with E-state index in [1.54, 1.807) is 0 Å². The van der Waals surface area contributed by atoms with Gasteiger partial charge in [-0.15, -0.1) is 0 Å². The van der Waals surface area contributed by atoms with Gasteiger partial charge in [0.25, 0.3) is 0 Å². The van der Waals surface area contributed by atoms with Crippen LogP contribution in [-0.2, 0) is 0 Å². The molecule has 0 aromatic carbocycles. The van der Waals surface area contributed by atoms with E-state index in [1.165, 1.54) is 32.1 Å². The standard InChI is InChI=1S/C11H23N5/c1-16(2)11(6-3-7-11)8-13-10(15-12)14-9-4-5-9/h9H,3-8,12H2,1-2H3,(H2,13,14,15). The van der Waals surface area contributed by atoms with Gasteiger partial charge in [-0.3, -0.25) is 10.4 Å². The third-order valence-electron chi connectivity index (χ3n) is 3.82. The lowest BCUT2D eigenvalue weighted by Gasteiger charge is -2.46. The van der Waals surface area contributed by atoms with E-state index in [-0.39, 0.29) is 5.54 Å². The van der Waals surface area contributed by atoms with Gasteiger partial charge in [-0.05, 0) is 46.2 Å². The van der Waals surface area contributed by atoms with Gasteiger partial charge in [-0.1, -0.05) is 0 Å². The molecule has 16 heavy (non-hydrogen) atoms. The highest BCUT2D eigenvalue weighted by Gasteiger charge is 2.38. The molecule has 92 valence electrons. The van der Waals surface area contributed by atoms with Gasteiger partial charge in [0.15, 0.2) is 0 Å². The summed E-state index contributed by atoms with van der Waals surface area (Å²) in [5.41, 5.74) is 2.92. The van der Waals surface area contributed by atoms with Crippen molar-refractivity contribution >= 4 is 5.96 Å². The Kier molecular flexibility index (Phi) is 3.35. The van der Waals surface area contributed by atoms with Crippen molar-refractivity contribution in [1.29, 1.82) is 0 Å². The van der Waals surface area contributed by atoms with Gasteiger partial charge in [0.1, 0.15) is 0 Å². The fourth-order valence-corrected chi connectivity index (χ4v) is 2.11. The molecule has 2 fully saturated rings. The largest absolute Gasteiger partial charge is 0.353 e. The lowest BCUT2D eigenvalue weighted by molar-refractivity contribution is 0.0699. The van der Waals surface area contributed by atoms with E-state index in [0.717, 1.165) is 12.5 Å². The number of hydrazine groups is 1. The summed E-state index contributed by atoms with van der Waals surface area (Å²) in [6.07, 6.45) is 6.27. The molecule has 0 amide bonds. The molecule has 0 atom stereocenters. The Morgan fingerprint density at radius 1 is 1.44 bits per heavy atom. The van der Waals surface area contributed by atoms with E-state index in [1.807, 2.05) is 0 Å². The topological polar surface area (TPSA) is 65.7 Å². The number of rotatable bonds is 4. The molecule has 0 radical (unpaired) electrons. The predicted octanol–water partition coefficient (Wildman–Crippen LogP) is 0.0420. The first-order valence-corrected chi connectivity index (χ1v) is 6.11. The van der Waals surface area contributed by atoms with Crippen LogP contribution in [0, 0.1) is 0 Å². The van der Waals surface area contributed by atoms with Gasteiger partial charge in [0.05, 0.1) is 6.54 Å². The summed E-state index contributed by atoms with van der Waals surface area (Å²) in [5, 5.41) is 3.30. The lowest BCUT2D eigenvalue weighted by atomic mass is 9.76. The molecule has 2 rings (SSSR count). The van der Waals surface area contributed by atoms with Gasteiger partial charge >= 0.3 is 0 Å². The number of aliphatic imine (C=N–C) groups is 1. The maximum absolute atomic E-state index is 5.46. The molecule has 5 nitrogen and oxygen atoms in total. The molecule has 0 aliphatic heterocycles.